The number of esters is 1. The molecular formula is C46H53NO10. The summed E-state index contributed by atoms with van der Waals surface area (Å²) >= 11 is 0. The molecule has 302 valence electrons. The third-order valence-corrected chi connectivity index (χ3v) is 14.1. The largest absolute Gasteiger partial charge is 0.456 e. The number of nitrogens with one attached hydrogen (secondary N) is 1. The molecular weight excluding hydrogens is 727 g/mol. The Morgan fingerprint density at radius 2 is 1.51 bits per heavy atom. The summed E-state index contributed by atoms with van der Waals surface area (Å²) in [5.74, 6) is -2.84. The minimum absolute atomic E-state index is 0.147. The van der Waals surface area contributed by atoms with E-state index >= 15 is 0 Å². The van der Waals surface area contributed by atoms with E-state index in [9.17, 15) is 19.8 Å². The van der Waals surface area contributed by atoms with Gasteiger partial charge in [0.15, 0.2) is 18.2 Å². The Hall–Kier alpha value is -3.94. The fourth-order valence-corrected chi connectivity index (χ4v) is 11.3. The van der Waals surface area contributed by atoms with Gasteiger partial charge in [-0.1, -0.05) is 99.6 Å². The van der Waals surface area contributed by atoms with Crippen molar-refractivity contribution in [1.82, 2.24) is 5.32 Å². The van der Waals surface area contributed by atoms with Crippen LogP contribution in [0.25, 0.3) is 0 Å². The standard InChI is InChI=1S/C46H53NO10/c1-26-30(53-40(50)34(48)33(27-16-10-7-11-17-27)47-39(49)28-18-12-8-13-19-28)24-46-38(54-41(57-46)29-20-14-9-15-21-29)36-44(6,23-22-31-45(36,51)25-52-31)37-35(32(26)42(46,2)3)55-43(4,5)56-37/h7-21,30-31,33-38,41,48,51H,22-25H2,1-6H3,(H,47,49)/t30-,31+,33-,34+,35+,36-,37-,38-,41-,44+,45-,46+/m0/s1. The maximum atomic E-state index is 14.4. The molecule has 3 heterocycles. The third-order valence-electron chi connectivity index (χ3n) is 14.1. The van der Waals surface area contributed by atoms with Gasteiger partial charge in [0.1, 0.15) is 23.4 Å². The molecule has 3 aliphatic carbocycles. The summed E-state index contributed by atoms with van der Waals surface area (Å²) in [6.45, 7) is 12.4. The molecule has 0 radical (unpaired) electrons. The molecule has 0 unspecified atom stereocenters. The summed E-state index contributed by atoms with van der Waals surface area (Å²) in [5.41, 5.74) is -0.440. The van der Waals surface area contributed by atoms with Crippen LogP contribution in [0.5, 0.6) is 0 Å². The zero-order valence-corrected chi connectivity index (χ0v) is 33.3. The number of carbonyl (C=O) groups is 2. The first-order chi connectivity index (χ1) is 27.1. The Kier molecular flexibility index (Phi) is 9.17. The van der Waals surface area contributed by atoms with Gasteiger partial charge in [-0.25, -0.2) is 4.79 Å². The van der Waals surface area contributed by atoms with Gasteiger partial charge in [0.25, 0.3) is 5.91 Å². The number of ether oxygens (including phenoxy) is 6. The first-order valence-corrected chi connectivity index (χ1v) is 20.2. The Balaban J connectivity index is 1.15. The highest BCUT2D eigenvalue weighted by atomic mass is 16.8. The summed E-state index contributed by atoms with van der Waals surface area (Å²) in [6.07, 6.45) is -4.11. The van der Waals surface area contributed by atoms with E-state index in [4.69, 9.17) is 28.4 Å². The molecule has 1 spiro atoms. The molecule has 3 saturated heterocycles. The van der Waals surface area contributed by atoms with Crippen LogP contribution in [0.2, 0.25) is 0 Å². The van der Waals surface area contributed by atoms with Crippen LogP contribution in [0.15, 0.2) is 102 Å². The molecule has 2 saturated carbocycles. The predicted molar refractivity (Wildman–Crippen MR) is 207 cm³/mol. The first kappa shape index (κ1) is 38.6. The summed E-state index contributed by atoms with van der Waals surface area (Å²) < 4.78 is 40.9. The van der Waals surface area contributed by atoms with Crippen LogP contribution < -0.4 is 5.32 Å². The first-order valence-electron chi connectivity index (χ1n) is 20.2. The van der Waals surface area contributed by atoms with E-state index in [2.05, 4.69) is 26.1 Å². The lowest BCUT2D eigenvalue weighted by Gasteiger charge is -2.67. The summed E-state index contributed by atoms with van der Waals surface area (Å²) in [5, 5.41) is 27.5. The fraction of sp³-hybridized carbons (Fsp3) is 0.522. The molecule has 11 heteroatoms. The molecule has 2 bridgehead atoms. The number of aliphatic hydroxyl groups excluding tert-OH is 1. The molecule has 57 heavy (non-hydrogen) atoms. The Morgan fingerprint density at radius 3 is 2.16 bits per heavy atom. The number of carbonyl (C=O) groups excluding carboxylic acids is 2. The van der Waals surface area contributed by atoms with Gasteiger partial charge in [0.2, 0.25) is 0 Å². The zero-order valence-electron chi connectivity index (χ0n) is 33.3. The summed E-state index contributed by atoms with van der Waals surface area (Å²) in [4.78, 5) is 27.9. The van der Waals surface area contributed by atoms with Crippen molar-refractivity contribution < 1.29 is 48.2 Å². The number of rotatable bonds is 7. The van der Waals surface area contributed by atoms with E-state index in [1.165, 1.54) is 0 Å². The normalized spacial score (nSPS) is 38.1. The number of aliphatic hydroxyl groups is 2. The smallest absolute Gasteiger partial charge is 0.338 e. The number of fused-ring (bicyclic) bond motifs is 8. The van der Waals surface area contributed by atoms with Crippen LogP contribution in [0.3, 0.4) is 0 Å². The van der Waals surface area contributed by atoms with Gasteiger partial charge >= 0.3 is 5.97 Å². The van der Waals surface area contributed by atoms with Gasteiger partial charge in [0, 0.05) is 34.3 Å². The van der Waals surface area contributed by atoms with Crippen molar-refractivity contribution in [2.45, 2.75) is 127 Å². The molecule has 5 fully saturated rings. The number of hydrogen-bond acceptors (Lipinski definition) is 10. The SMILES string of the molecule is CC1=C2[C@H]3OC(C)(C)O[C@@H]3[C@]3(C)CC[C@H]4OC[C@@]4(O)[C@H]3[C@@H]3O[C@H](c4ccccc4)O[C@@]3(C[C@@H]1OC(=O)[C@H](O)[C@@H](NC(=O)c1ccccc1)c1ccccc1)C2(C)C. The highest BCUT2D eigenvalue weighted by Gasteiger charge is 2.78. The third kappa shape index (κ3) is 5.87. The van der Waals surface area contributed by atoms with Gasteiger partial charge in [-0.15, -0.1) is 0 Å². The molecule has 9 rings (SSSR count). The van der Waals surface area contributed by atoms with Crippen molar-refractivity contribution in [3.63, 3.8) is 0 Å². The highest BCUT2D eigenvalue weighted by molar-refractivity contribution is 5.95. The van der Waals surface area contributed by atoms with Crippen molar-refractivity contribution >= 4 is 11.9 Å². The zero-order chi connectivity index (χ0) is 40.1. The van der Waals surface area contributed by atoms with Gasteiger partial charge in [-0.2, -0.15) is 0 Å². The Labute approximate surface area is 333 Å². The predicted octanol–water partition coefficient (Wildman–Crippen LogP) is 6.11. The second kappa shape index (κ2) is 13.6. The van der Waals surface area contributed by atoms with E-state index in [-0.39, 0.29) is 19.1 Å². The molecule has 12 atom stereocenters. The van der Waals surface area contributed by atoms with Gasteiger partial charge in [-0.3, -0.25) is 4.79 Å². The molecule has 3 aromatic carbocycles. The van der Waals surface area contributed by atoms with Gasteiger partial charge < -0.3 is 44.0 Å². The van der Waals surface area contributed by atoms with E-state index < -0.39 is 88.5 Å². The van der Waals surface area contributed by atoms with Crippen LogP contribution in [-0.4, -0.2) is 82.3 Å². The number of benzene rings is 3. The summed E-state index contributed by atoms with van der Waals surface area (Å²) in [6, 6.07) is 26.2. The van der Waals surface area contributed by atoms with Crippen molar-refractivity contribution in [1.29, 1.82) is 0 Å². The lowest BCUT2D eigenvalue weighted by Crippen LogP contribution is -2.78. The lowest BCUT2D eigenvalue weighted by atomic mass is 9.45. The van der Waals surface area contributed by atoms with Crippen molar-refractivity contribution in [3.8, 4) is 0 Å². The number of amides is 1. The molecule has 3 N–H and O–H groups in total. The van der Waals surface area contributed by atoms with Crippen LogP contribution in [-0.2, 0) is 33.2 Å². The molecule has 3 aromatic rings. The fourth-order valence-electron chi connectivity index (χ4n) is 11.3. The van der Waals surface area contributed by atoms with Crippen LogP contribution >= 0.6 is 0 Å². The van der Waals surface area contributed by atoms with Crippen LogP contribution in [0, 0.1) is 16.7 Å². The minimum Gasteiger partial charge on any atom is -0.456 e. The topological polar surface area (TPSA) is 142 Å². The minimum atomic E-state index is -1.77. The second-order valence-corrected chi connectivity index (χ2v) is 18.1. The quantitative estimate of drug-likeness (QED) is 0.190. The molecule has 6 aliphatic rings. The molecule has 3 aliphatic heterocycles. The average molecular weight is 780 g/mol. The summed E-state index contributed by atoms with van der Waals surface area (Å²) in [7, 11) is 0. The molecule has 11 nitrogen and oxygen atoms in total. The van der Waals surface area contributed by atoms with E-state index in [1.807, 2.05) is 63.2 Å². The van der Waals surface area contributed by atoms with E-state index in [0.717, 1.165) is 16.7 Å². The lowest BCUT2D eigenvalue weighted by molar-refractivity contribution is -0.334. The van der Waals surface area contributed by atoms with Crippen molar-refractivity contribution in [2.75, 3.05) is 6.61 Å². The Morgan fingerprint density at radius 1 is 0.860 bits per heavy atom. The number of hydrogen-bond donors (Lipinski definition) is 3. The van der Waals surface area contributed by atoms with Crippen molar-refractivity contribution in [3.05, 3.63) is 119 Å². The van der Waals surface area contributed by atoms with Crippen molar-refractivity contribution in [2.24, 2.45) is 16.7 Å². The van der Waals surface area contributed by atoms with Crippen LogP contribution in [0.1, 0.15) is 94.6 Å². The second-order valence-electron chi connectivity index (χ2n) is 18.1. The molecule has 0 aromatic heterocycles. The maximum Gasteiger partial charge on any atom is 0.338 e. The average Bonchev–Trinajstić information content (AvgIpc) is 3.73. The highest BCUT2D eigenvalue weighted by Crippen LogP contribution is 2.69. The van der Waals surface area contributed by atoms with Gasteiger partial charge in [-0.05, 0) is 62.5 Å². The monoisotopic (exact) mass is 779 g/mol. The van der Waals surface area contributed by atoms with Gasteiger partial charge in [0.05, 0.1) is 31.0 Å². The molecule has 1 amide bonds. The van der Waals surface area contributed by atoms with E-state index in [1.54, 1.807) is 48.5 Å². The van der Waals surface area contributed by atoms with Crippen LogP contribution in [0.4, 0.5) is 0 Å². The Bertz CT molecular complexity index is 2060. The van der Waals surface area contributed by atoms with E-state index in [0.29, 0.717) is 24.0 Å². The maximum absolute atomic E-state index is 14.4.